The third-order valence-electron chi connectivity index (χ3n) is 2.66. The van der Waals surface area contributed by atoms with Crippen LogP contribution in [-0.4, -0.2) is 49.2 Å². The van der Waals surface area contributed by atoms with Crippen molar-refractivity contribution in [3.05, 3.63) is 24.3 Å². The first-order valence-corrected chi connectivity index (χ1v) is 10.4. The summed E-state index contributed by atoms with van der Waals surface area (Å²) in [5.41, 5.74) is 5.41. The number of rotatable bonds is 9. The Bertz CT molecular complexity index is 547. The summed E-state index contributed by atoms with van der Waals surface area (Å²) in [6.45, 7) is 1.64. The zero-order valence-corrected chi connectivity index (χ0v) is 14.7. The molecule has 5 nitrogen and oxygen atoms in total. The number of nitrogens with two attached hydrogens (primary N) is 1. The van der Waals surface area contributed by atoms with Gasteiger partial charge in [-0.3, -0.25) is 0 Å². The van der Waals surface area contributed by atoms with Crippen LogP contribution in [0.1, 0.15) is 6.92 Å². The van der Waals surface area contributed by atoms with Crippen molar-refractivity contribution in [3.63, 3.8) is 0 Å². The third kappa shape index (κ3) is 7.42. The van der Waals surface area contributed by atoms with Gasteiger partial charge in [-0.15, -0.1) is 11.8 Å². The lowest BCUT2D eigenvalue weighted by atomic mass is 10.1. The molecule has 0 heterocycles. The quantitative estimate of drug-likeness (QED) is 0.460. The average Bonchev–Trinajstić information content (AvgIpc) is 2.39. The molecule has 1 aromatic carbocycles. The monoisotopic (exact) mass is 350 g/mol. The molecule has 1 unspecified atom stereocenters. The van der Waals surface area contributed by atoms with Crippen LogP contribution in [0.2, 0.25) is 0 Å². The third-order valence-corrected chi connectivity index (χ3v) is 6.24. The standard InChI is InChI=1S/C13H22N2O3S3/c1-13(16,10-19-2)9-15-21(17,18)8-7-20-12-6-4-3-5-11(12)14/h3-6,15-16H,7-10,14H2,1-2H3. The minimum absolute atomic E-state index is 0.0126. The summed E-state index contributed by atoms with van der Waals surface area (Å²) in [7, 11) is -3.40. The van der Waals surface area contributed by atoms with E-state index in [-0.39, 0.29) is 12.3 Å². The van der Waals surface area contributed by atoms with Crippen LogP contribution < -0.4 is 10.5 Å². The number of nitrogens with one attached hydrogen (secondary N) is 1. The van der Waals surface area contributed by atoms with E-state index in [4.69, 9.17) is 5.73 Å². The van der Waals surface area contributed by atoms with Gasteiger partial charge in [0.25, 0.3) is 0 Å². The molecule has 1 atom stereocenters. The molecule has 0 radical (unpaired) electrons. The van der Waals surface area contributed by atoms with Gasteiger partial charge in [-0.2, -0.15) is 11.8 Å². The molecule has 0 aliphatic carbocycles. The number of hydrogen-bond donors (Lipinski definition) is 3. The molecule has 0 aliphatic heterocycles. The number of aliphatic hydroxyl groups is 1. The molecule has 1 rings (SSSR count). The lowest BCUT2D eigenvalue weighted by molar-refractivity contribution is 0.0909. The molecule has 0 saturated heterocycles. The summed E-state index contributed by atoms with van der Waals surface area (Å²) in [6.07, 6.45) is 1.86. The minimum Gasteiger partial charge on any atom is -0.398 e. The van der Waals surface area contributed by atoms with Gasteiger partial charge in [0, 0.05) is 28.6 Å². The van der Waals surface area contributed by atoms with E-state index in [2.05, 4.69) is 4.72 Å². The average molecular weight is 351 g/mol. The van der Waals surface area contributed by atoms with Gasteiger partial charge >= 0.3 is 0 Å². The Morgan fingerprint density at radius 1 is 1.38 bits per heavy atom. The molecule has 21 heavy (non-hydrogen) atoms. The van der Waals surface area contributed by atoms with Gasteiger partial charge in [-0.25, -0.2) is 13.1 Å². The molecule has 0 spiro atoms. The van der Waals surface area contributed by atoms with Crippen molar-refractivity contribution in [2.45, 2.75) is 17.4 Å². The first-order chi connectivity index (χ1) is 9.76. The Balaban J connectivity index is 2.42. The highest BCUT2D eigenvalue weighted by Gasteiger charge is 2.22. The van der Waals surface area contributed by atoms with Crippen LogP contribution in [0.3, 0.4) is 0 Å². The van der Waals surface area contributed by atoms with Crippen LogP contribution in [0.5, 0.6) is 0 Å². The fraction of sp³-hybridized carbons (Fsp3) is 0.538. The van der Waals surface area contributed by atoms with E-state index in [0.717, 1.165) is 4.90 Å². The zero-order valence-electron chi connectivity index (χ0n) is 12.2. The first kappa shape index (κ1) is 18.6. The first-order valence-electron chi connectivity index (χ1n) is 6.42. The van der Waals surface area contributed by atoms with Gasteiger partial charge in [0.1, 0.15) is 0 Å². The van der Waals surface area contributed by atoms with E-state index in [1.165, 1.54) is 23.5 Å². The van der Waals surface area contributed by atoms with E-state index in [1.54, 1.807) is 13.0 Å². The Morgan fingerprint density at radius 2 is 2.05 bits per heavy atom. The van der Waals surface area contributed by atoms with Crippen LogP contribution in [-0.2, 0) is 10.0 Å². The van der Waals surface area contributed by atoms with Crippen LogP contribution in [0.15, 0.2) is 29.2 Å². The molecule has 0 amide bonds. The highest BCUT2D eigenvalue weighted by atomic mass is 32.2. The van der Waals surface area contributed by atoms with Crippen molar-refractivity contribution >= 4 is 39.2 Å². The summed E-state index contributed by atoms with van der Waals surface area (Å²) in [5.74, 6) is 0.875. The maximum atomic E-state index is 11.9. The molecule has 0 saturated carbocycles. The second-order valence-electron chi connectivity index (χ2n) is 4.96. The highest BCUT2D eigenvalue weighted by molar-refractivity contribution is 8.00. The summed E-state index contributed by atoms with van der Waals surface area (Å²) in [5, 5.41) is 9.95. The number of nitrogen functional groups attached to an aromatic ring is 1. The van der Waals surface area contributed by atoms with Gasteiger partial charge in [-0.1, -0.05) is 12.1 Å². The lowest BCUT2D eigenvalue weighted by Crippen LogP contribution is -2.43. The summed E-state index contributed by atoms with van der Waals surface area (Å²) < 4.78 is 26.2. The SMILES string of the molecule is CSCC(C)(O)CNS(=O)(=O)CCSc1ccccc1N. The molecule has 120 valence electrons. The molecule has 1 aromatic rings. The fourth-order valence-corrected chi connectivity index (χ4v) is 4.81. The van der Waals surface area contributed by atoms with Gasteiger partial charge in [0.05, 0.1) is 11.4 Å². The number of anilines is 1. The molecule has 0 aromatic heterocycles. The maximum absolute atomic E-state index is 11.9. The molecule has 0 bridgehead atoms. The highest BCUT2D eigenvalue weighted by Crippen LogP contribution is 2.24. The Hall–Kier alpha value is -0.410. The van der Waals surface area contributed by atoms with Crippen LogP contribution in [0.25, 0.3) is 0 Å². The minimum atomic E-state index is -3.40. The van der Waals surface area contributed by atoms with Crippen LogP contribution in [0.4, 0.5) is 5.69 Å². The van der Waals surface area contributed by atoms with E-state index < -0.39 is 15.6 Å². The van der Waals surface area contributed by atoms with Gasteiger partial charge in [0.2, 0.25) is 10.0 Å². The predicted octanol–water partition coefficient (Wildman–Crippen LogP) is 1.39. The number of thioether (sulfide) groups is 2. The van der Waals surface area contributed by atoms with Gasteiger partial charge < -0.3 is 10.8 Å². The van der Waals surface area contributed by atoms with E-state index in [0.29, 0.717) is 17.2 Å². The molecule has 0 fully saturated rings. The Morgan fingerprint density at radius 3 is 2.67 bits per heavy atom. The molecule has 0 aliphatic rings. The van der Waals surface area contributed by atoms with Gasteiger partial charge in [0.15, 0.2) is 0 Å². The number of sulfonamides is 1. The van der Waals surface area contributed by atoms with Gasteiger partial charge in [-0.05, 0) is 25.3 Å². The molecule has 4 N–H and O–H groups in total. The summed E-state index contributed by atoms with van der Waals surface area (Å²) >= 11 is 2.88. The second kappa shape index (κ2) is 8.28. The van der Waals surface area contributed by atoms with Crippen LogP contribution in [0, 0.1) is 0 Å². The zero-order chi connectivity index (χ0) is 15.9. The normalized spacial score (nSPS) is 14.8. The van der Waals surface area contributed by atoms with E-state index in [1.807, 2.05) is 24.5 Å². The second-order valence-corrected chi connectivity index (χ2v) is 8.89. The van der Waals surface area contributed by atoms with E-state index in [9.17, 15) is 13.5 Å². The summed E-state index contributed by atoms with van der Waals surface area (Å²) in [6, 6.07) is 7.36. The molecular weight excluding hydrogens is 328 g/mol. The van der Waals surface area contributed by atoms with Crippen molar-refractivity contribution in [1.29, 1.82) is 0 Å². The fourth-order valence-electron chi connectivity index (χ4n) is 1.57. The number of para-hydroxylation sites is 1. The molecular formula is C13H22N2O3S3. The number of benzene rings is 1. The Labute approximate surface area is 135 Å². The van der Waals surface area contributed by atoms with Crippen molar-refractivity contribution in [2.24, 2.45) is 0 Å². The van der Waals surface area contributed by atoms with Crippen molar-refractivity contribution in [1.82, 2.24) is 4.72 Å². The topological polar surface area (TPSA) is 92.4 Å². The van der Waals surface area contributed by atoms with Crippen molar-refractivity contribution < 1.29 is 13.5 Å². The Kier molecular flexibility index (Phi) is 7.35. The van der Waals surface area contributed by atoms with Crippen LogP contribution >= 0.6 is 23.5 Å². The lowest BCUT2D eigenvalue weighted by Gasteiger charge is -2.22. The smallest absolute Gasteiger partial charge is 0.212 e. The maximum Gasteiger partial charge on any atom is 0.212 e. The summed E-state index contributed by atoms with van der Waals surface area (Å²) in [4.78, 5) is 0.877. The number of hydrogen-bond acceptors (Lipinski definition) is 6. The van der Waals surface area contributed by atoms with E-state index >= 15 is 0 Å². The van der Waals surface area contributed by atoms with Crippen molar-refractivity contribution in [2.75, 3.05) is 35.8 Å². The predicted molar refractivity (Wildman–Crippen MR) is 92.4 cm³/mol. The largest absolute Gasteiger partial charge is 0.398 e. The molecule has 8 heteroatoms. The van der Waals surface area contributed by atoms with Crippen molar-refractivity contribution in [3.8, 4) is 0 Å².